The van der Waals surface area contributed by atoms with E-state index in [1.807, 2.05) is 24.3 Å². The maximum atomic E-state index is 12.6. The van der Waals surface area contributed by atoms with E-state index in [-0.39, 0.29) is 30.5 Å². The zero-order valence-corrected chi connectivity index (χ0v) is 13.6. The molecule has 8 heteroatoms. The molecule has 1 aromatic carbocycles. The van der Waals surface area contributed by atoms with E-state index in [1.54, 1.807) is 6.26 Å². The van der Waals surface area contributed by atoms with Crippen molar-refractivity contribution in [2.75, 3.05) is 0 Å². The molecule has 1 aromatic heterocycles. The monoisotopic (exact) mass is 345 g/mol. The van der Waals surface area contributed by atoms with Crippen molar-refractivity contribution in [3.8, 4) is 0 Å². The summed E-state index contributed by atoms with van der Waals surface area (Å²) in [5.74, 6) is -0.382. The van der Waals surface area contributed by atoms with Crippen LogP contribution < -0.4 is 5.32 Å². The molecule has 1 amide bonds. The van der Waals surface area contributed by atoms with Crippen LogP contribution in [-0.2, 0) is 20.6 Å². The Morgan fingerprint density at radius 3 is 2.92 bits per heavy atom. The van der Waals surface area contributed by atoms with Gasteiger partial charge in [-0.25, -0.2) is 0 Å². The van der Waals surface area contributed by atoms with Crippen molar-refractivity contribution in [1.82, 2.24) is 5.32 Å². The lowest BCUT2D eigenvalue weighted by molar-refractivity contribution is -0.129. The molecule has 2 fully saturated rings. The van der Waals surface area contributed by atoms with E-state index in [2.05, 4.69) is 5.32 Å². The predicted molar refractivity (Wildman–Crippen MR) is 89.1 cm³/mol. The molecule has 0 radical (unpaired) electrons. The third-order valence-electron chi connectivity index (χ3n) is 5.00. The van der Waals surface area contributed by atoms with Gasteiger partial charge in [-0.1, -0.05) is 18.2 Å². The molecule has 2 bridgehead atoms. The Labute approximate surface area is 145 Å². The number of ether oxygens (including phenoxy) is 1. The first-order valence-corrected chi connectivity index (χ1v) is 8.52. The van der Waals surface area contributed by atoms with E-state index in [1.165, 1.54) is 0 Å². The number of benzene rings is 1. The Bertz CT molecular complexity index is 762. The number of carbonyl (C=O) groups is 1. The minimum absolute atomic E-state index is 0.0422. The van der Waals surface area contributed by atoms with E-state index < -0.39 is 13.5 Å². The van der Waals surface area contributed by atoms with Crippen molar-refractivity contribution in [3.05, 3.63) is 36.1 Å². The average Bonchev–Trinajstić information content (AvgIpc) is 3.30. The second-order valence-electron chi connectivity index (χ2n) is 6.64. The van der Waals surface area contributed by atoms with Crippen molar-refractivity contribution < 1.29 is 28.7 Å². The van der Waals surface area contributed by atoms with Gasteiger partial charge in [-0.05, 0) is 25.3 Å². The number of rotatable bonds is 6. The topological polar surface area (TPSA) is 101 Å². The first-order valence-electron chi connectivity index (χ1n) is 8.52. The third-order valence-corrected chi connectivity index (χ3v) is 5.00. The molecule has 132 valence electrons. The van der Waals surface area contributed by atoms with Gasteiger partial charge in [0.1, 0.15) is 11.8 Å². The maximum absolute atomic E-state index is 12.6. The Balaban J connectivity index is 1.47. The van der Waals surface area contributed by atoms with Crippen LogP contribution in [0.25, 0.3) is 11.0 Å². The normalized spacial score (nSPS) is 26.1. The van der Waals surface area contributed by atoms with Gasteiger partial charge in [0.2, 0.25) is 5.91 Å². The van der Waals surface area contributed by atoms with Gasteiger partial charge in [-0.2, -0.15) is 0 Å². The highest BCUT2D eigenvalue weighted by Gasteiger charge is 2.44. The summed E-state index contributed by atoms with van der Waals surface area (Å²) in [6.07, 6.45) is 3.72. The fourth-order valence-corrected chi connectivity index (χ4v) is 3.85. The second kappa shape index (κ2) is 6.80. The number of furan rings is 1. The molecule has 3 heterocycles. The molecule has 2 aliphatic rings. The molecule has 0 unspecified atom stereocenters. The Morgan fingerprint density at radius 1 is 1.36 bits per heavy atom. The van der Waals surface area contributed by atoms with Crippen molar-refractivity contribution in [2.24, 2.45) is 5.92 Å². The van der Waals surface area contributed by atoms with Gasteiger partial charge < -0.3 is 29.2 Å². The molecule has 0 saturated carbocycles. The lowest BCUT2D eigenvalue weighted by atomic mass is 9.88. The van der Waals surface area contributed by atoms with Crippen LogP contribution in [0.2, 0.25) is 0 Å². The summed E-state index contributed by atoms with van der Waals surface area (Å²) in [5, 5.41) is 22.0. The number of carbonyl (C=O) groups excluding carboxylic acids is 1. The molecule has 2 aliphatic heterocycles. The standard InChI is InChI=1S/C17H20BNO6/c20-17(13-8-11-5-6-15(13)24-11)19-16(25-18(21)22)7-10-9-23-14-4-2-1-3-12(10)14/h1-4,9,11,13,15-16,21-22H,5-8H2,(H,19,20)/t11-,13+,15+,16+/m1/s1. The Hall–Kier alpha value is -1.87. The predicted octanol–water partition coefficient (Wildman–Crippen LogP) is 0.971. The molecule has 7 nitrogen and oxygen atoms in total. The second-order valence-corrected chi connectivity index (χ2v) is 6.64. The van der Waals surface area contributed by atoms with Crippen LogP contribution in [0.5, 0.6) is 0 Å². The fraction of sp³-hybridized carbons (Fsp3) is 0.471. The fourth-order valence-electron chi connectivity index (χ4n) is 3.85. The lowest BCUT2D eigenvalue weighted by Gasteiger charge is -2.23. The van der Waals surface area contributed by atoms with E-state index in [4.69, 9.17) is 13.8 Å². The number of para-hydroxylation sites is 1. The van der Waals surface area contributed by atoms with Crippen LogP contribution in [0.3, 0.4) is 0 Å². The van der Waals surface area contributed by atoms with Gasteiger partial charge in [0, 0.05) is 17.4 Å². The van der Waals surface area contributed by atoms with Crippen LogP contribution in [0.4, 0.5) is 0 Å². The SMILES string of the molecule is O=C(N[C@H](Cc1coc2ccccc12)OB(O)O)[C@H]1C[C@H]2CC[C@@H]1O2. The summed E-state index contributed by atoms with van der Waals surface area (Å²) in [6, 6.07) is 7.52. The first-order chi connectivity index (χ1) is 12.1. The molecular weight excluding hydrogens is 325 g/mol. The maximum Gasteiger partial charge on any atom is 0.635 e. The zero-order valence-electron chi connectivity index (χ0n) is 13.6. The van der Waals surface area contributed by atoms with Crippen molar-refractivity contribution in [1.29, 1.82) is 0 Å². The molecule has 2 saturated heterocycles. The highest BCUT2D eigenvalue weighted by molar-refractivity contribution is 6.32. The van der Waals surface area contributed by atoms with Gasteiger partial charge in [0.05, 0.1) is 24.4 Å². The molecule has 2 aromatic rings. The number of amides is 1. The summed E-state index contributed by atoms with van der Waals surface area (Å²) in [6.45, 7) is 0. The molecule has 0 aliphatic carbocycles. The largest absolute Gasteiger partial charge is 0.635 e. The minimum atomic E-state index is -1.97. The quantitative estimate of drug-likeness (QED) is 0.533. The van der Waals surface area contributed by atoms with Crippen LogP contribution >= 0.6 is 0 Å². The molecular formula is C17H20BNO6. The smallest absolute Gasteiger partial charge is 0.464 e. The van der Waals surface area contributed by atoms with E-state index in [0.717, 1.165) is 29.4 Å². The first kappa shape index (κ1) is 16.6. The van der Waals surface area contributed by atoms with Crippen LogP contribution in [0, 0.1) is 5.92 Å². The van der Waals surface area contributed by atoms with Gasteiger partial charge in [0.15, 0.2) is 0 Å². The summed E-state index contributed by atoms with van der Waals surface area (Å²) in [7, 11) is -1.97. The van der Waals surface area contributed by atoms with Gasteiger partial charge >= 0.3 is 7.32 Å². The van der Waals surface area contributed by atoms with E-state index in [0.29, 0.717) is 6.42 Å². The highest BCUT2D eigenvalue weighted by Crippen LogP contribution is 2.38. The van der Waals surface area contributed by atoms with Crippen molar-refractivity contribution >= 4 is 24.2 Å². The van der Waals surface area contributed by atoms with Crippen molar-refractivity contribution in [3.63, 3.8) is 0 Å². The van der Waals surface area contributed by atoms with Gasteiger partial charge in [-0.3, -0.25) is 4.79 Å². The third kappa shape index (κ3) is 3.43. The van der Waals surface area contributed by atoms with Crippen LogP contribution in [0.15, 0.2) is 34.9 Å². The molecule has 4 atom stereocenters. The molecule has 25 heavy (non-hydrogen) atoms. The highest BCUT2D eigenvalue weighted by atomic mass is 16.6. The van der Waals surface area contributed by atoms with E-state index >= 15 is 0 Å². The number of nitrogens with one attached hydrogen (secondary N) is 1. The van der Waals surface area contributed by atoms with Crippen molar-refractivity contribution in [2.45, 2.75) is 44.1 Å². The number of hydrogen-bond acceptors (Lipinski definition) is 6. The number of hydrogen-bond donors (Lipinski definition) is 3. The summed E-state index contributed by atoms with van der Waals surface area (Å²) in [4.78, 5) is 12.6. The molecule has 0 spiro atoms. The molecule has 4 rings (SSSR count). The summed E-state index contributed by atoms with van der Waals surface area (Å²) >= 11 is 0. The summed E-state index contributed by atoms with van der Waals surface area (Å²) in [5.41, 5.74) is 1.55. The number of fused-ring (bicyclic) bond motifs is 3. The van der Waals surface area contributed by atoms with E-state index in [9.17, 15) is 14.8 Å². The minimum Gasteiger partial charge on any atom is -0.464 e. The van der Waals surface area contributed by atoms with Crippen LogP contribution in [-0.4, -0.2) is 41.7 Å². The van der Waals surface area contributed by atoms with Gasteiger partial charge in [-0.15, -0.1) is 0 Å². The molecule has 3 N–H and O–H groups in total. The summed E-state index contributed by atoms with van der Waals surface area (Å²) < 4.78 is 16.3. The zero-order chi connectivity index (χ0) is 17.4. The van der Waals surface area contributed by atoms with Crippen LogP contribution in [0.1, 0.15) is 24.8 Å². The average molecular weight is 345 g/mol. The lowest BCUT2D eigenvalue weighted by Crippen LogP contribution is -2.46. The van der Waals surface area contributed by atoms with Gasteiger partial charge in [0.25, 0.3) is 0 Å². The Kier molecular flexibility index (Phi) is 4.51. The Morgan fingerprint density at radius 2 is 2.20 bits per heavy atom.